The van der Waals surface area contributed by atoms with Gasteiger partial charge in [0.2, 0.25) is 0 Å². The van der Waals surface area contributed by atoms with E-state index in [1.165, 1.54) is 0 Å². The van der Waals surface area contributed by atoms with Crippen molar-refractivity contribution in [3.05, 3.63) is 171 Å². The van der Waals surface area contributed by atoms with Gasteiger partial charge in [0.1, 0.15) is 11.2 Å². The van der Waals surface area contributed by atoms with Crippen molar-refractivity contribution in [2.24, 2.45) is 0 Å². The second-order valence-electron chi connectivity index (χ2n) is 12.7. The molecule has 6 aromatic heterocycles. The minimum absolute atomic E-state index is 0.824. The molecule has 0 unspecified atom stereocenters. The third-order valence-electron chi connectivity index (χ3n) is 9.50. The molecule has 6 heterocycles. The number of rotatable bonds is 6. The van der Waals surface area contributed by atoms with E-state index in [2.05, 4.69) is 93.7 Å². The zero-order chi connectivity index (χ0) is 34.4. The van der Waals surface area contributed by atoms with Crippen molar-refractivity contribution >= 4 is 60.8 Å². The van der Waals surface area contributed by atoms with E-state index < -0.39 is 0 Å². The van der Waals surface area contributed by atoms with Gasteiger partial charge in [-0.05, 0) is 78.9 Å². The van der Waals surface area contributed by atoms with E-state index >= 15 is 0 Å². The van der Waals surface area contributed by atoms with Crippen LogP contribution in [0.25, 0.3) is 77.5 Å². The van der Waals surface area contributed by atoms with Crippen LogP contribution < -0.4 is 4.90 Å². The highest BCUT2D eigenvalue weighted by molar-refractivity contribution is 6.05. The third-order valence-corrected chi connectivity index (χ3v) is 9.50. The summed E-state index contributed by atoms with van der Waals surface area (Å²) < 4.78 is 6.15. The number of benzene rings is 4. The highest BCUT2D eigenvalue weighted by Crippen LogP contribution is 2.38. The summed E-state index contributed by atoms with van der Waals surface area (Å²) >= 11 is 0. The van der Waals surface area contributed by atoms with Gasteiger partial charge in [-0.1, -0.05) is 54.6 Å². The molecule has 0 aliphatic heterocycles. The summed E-state index contributed by atoms with van der Waals surface area (Å²) in [5.74, 6) is 0. The number of hydrogen-bond acceptors (Lipinski definition) is 7. The second kappa shape index (κ2) is 12.3. The molecule has 0 amide bonds. The molecule has 0 aliphatic rings. The van der Waals surface area contributed by atoms with Gasteiger partial charge in [0.15, 0.2) is 0 Å². The monoisotopic (exact) mass is 668 g/mol. The van der Waals surface area contributed by atoms with Crippen LogP contribution in [-0.2, 0) is 0 Å². The van der Waals surface area contributed by atoms with E-state index in [4.69, 9.17) is 19.4 Å². The first-order chi connectivity index (χ1) is 25.7. The van der Waals surface area contributed by atoms with Crippen molar-refractivity contribution in [3.63, 3.8) is 0 Å². The molecule has 0 fully saturated rings. The Balaban J connectivity index is 1.02. The highest BCUT2D eigenvalue weighted by Gasteiger charge is 2.16. The Hall–Kier alpha value is -7.25. The molecule has 0 saturated heterocycles. The predicted octanol–water partition coefficient (Wildman–Crippen LogP) is 11.3. The maximum absolute atomic E-state index is 6.15. The maximum Gasteiger partial charge on any atom is 0.139 e. The van der Waals surface area contributed by atoms with Crippen LogP contribution in [0.1, 0.15) is 0 Å². The largest absolute Gasteiger partial charge is 0.456 e. The van der Waals surface area contributed by atoms with Gasteiger partial charge in [0.05, 0.1) is 28.1 Å². The molecule has 0 saturated carbocycles. The number of aromatic nitrogens is 5. The van der Waals surface area contributed by atoms with E-state index in [0.29, 0.717) is 0 Å². The normalized spacial score (nSPS) is 11.5. The zero-order valence-electron chi connectivity index (χ0n) is 27.8. The molecule has 0 N–H and O–H groups in total. The molecule has 0 radical (unpaired) electrons. The summed E-state index contributed by atoms with van der Waals surface area (Å²) in [6.07, 6.45) is 9.28. The van der Waals surface area contributed by atoms with Crippen LogP contribution in [-0.4, -0.2) is 24.9 Å². The minimum Gasteiger partial charge on any atom is -0.456 e. The second-order valence-corrected chi connectivity index (χ2v) is 12.7. The Bertz CT molecular complexity index is 2780. The zero-order valence-corrected chi connectivity index (χ0v) is 27.8. The smallest absolute Gasteiger partial charge is 0.139 e. The molecule has 4 aromatic carbocycles. The highest BCUT2D eigenvalue weighted by atomic mass is 16.3. The third kappa shape index (κ3) is 5.28. The van der Waals surface area contributed by atoms with Gasteiger partial charge in [-0.25, -0.2) is 0 Å². The molecule has 0 aliphatic carbocycles. The standard InChI is InChI=1S/C45H28N6O/c1-2-8-44-37(7-1)38-28-50-43(25-45(38)52-44)31-13-19-36(20-14-31)51(34-15-9-29(10-16-34)39-23-41-32(26-48-39)5-3-21-46-41)35-17-11-30(12-18-35)40-24-42-33(27-49-40)6-4-22-47-42/h1-28H. The number of para-hydroxylation sites is 1. The van der Waals surface area contributed by atoms with Gasteiger partial charge in [0, 0.05) is 92.3 Å². The van der Waals surface area contributed by atoms with Crippen molar-refractivity contribution in [1.29, 1.82) is 0 Å². The number of hydrogen-bond donors (Lipinski definition) is 0. The maximum atomic E-state index is 6.15. The van der Waals surface area contributed by atoms with Crippen LogP contribution in [0.15, 0.2) is 175 Å². The van der Waals surface area contributed by atoms with Crippen LogP contribution in [0.3, 0.4) is 0 Å². The molecule has 0 bridgehead atoms. The predicted molar refractivity (Wildman–Crippen MR) is 209 cm³/mol. The van der Waals surface area contributed by atoms with Crippen molar-refractivity contribution in [3.8, 4) is 33.8 Å². The summed E-state index contributed by atoms with van der Waals surface area (Å²) in [4.78, 5) is 25.5. The van der Waals surface area contributed by atoms with Gasteiger partial charge in [0.25, 0.3) is 0 Å². The molecule has 10 aromatic rings. The first-order valence-corrected chi connectivity index (χ1v) is 17.0. The fraction of sp³-hybridized carbons (Fsp3) is 0. The average Bonchev–Trinajstić information content (AvgIpc) is 3.59. The van der Waals surface area contributed by atoms with E-state index in [1.54, 1.807) is 0 Å². The Labute approximate surface area is 298 Å². The van der Waals surface area contributed by atoms with Crippen molar-refractivity contribution < 1.29 is 4.42 Å². The lowest BCUT2D eigenvalue weighted by molar-refractivity contribution is 0.668. The van der Waals surface area contributed by atoms with Gasteiger partial charge < -0.3 is 9.32 Å². The Morgan fingerprint density at radius 1 is 0.385 bits per heavy atom. The molecule has 0 spiro atoms. The Kier molecular flexibility index (Phi) is 6.99. The van der Waals surface area contributed by atoms with Crippen LogP contribution in [0, 0.1) is 0 Å². The Morgan fingerprint density at radius 2 is 0.865 bits per heavy atom. The van der Waals surface area contributed by atoms with Gasteiger partial charge in [-0.3, -0.25) is 24.9 Å². The number of furan rings is 1. The summed E-state index contributed by atoms with van der Waals surface area (Å²) in [6, 6.07) is 47.5. The average molecular weight is 669 g/mol. The van der Waals surface area contributed by atoms with Crippen LogP contribution in [0.2, 0.25) is 0 Å². The SMILES string of the molecule is c1cnc2cc(-c3ccc(N(c4ccc(-c5cc6ncccc6cn5)cc4)c4ccc(-c5cc6oc7ccccc7c6cn5)cc4)cc3)ncc2c1. The van der Waals surface area contributed by atoms with E-state index in [0.717, 1.165) is 94.6 Å². The van der Waals surface area contributed by atoms with Gasteiger partial charge in [-0.15, -0.1) is 0 Å². The minimum atomic E-state index is 0.824. The van der Waals surface area contributed by atoms with E-state index in [9.17, 15) is 0 Å². The van der Waals surface area contributed by atoms with Crippen LogP contribution >= 0.6 is 0 Å². The number of anilines is 3. The number of pyridine rings is 5. The molecule has 0 atom stereocenters. The first kappa shape index (κ1) is 29.6. The fourth-order valence-corrected chi connectivity index (χ4v) is 6.82. The quantitative estimate of drug-likeness (QED) is 0.174. The molecule has 244 valence electrons. The van der Waals surface area contributed by atoms with Crippen LogP contribution in [0.5, 0.6) is 0 Å². The van der Waals surface area contributed by atoms with Crippen molar-refractivity contribution in [2.75, 3.05) is 4.90 Å². The summed E-state index contributed by atoms with van der Waals surface area (Å²) in [5.41, 5.74) is 12.2. The summed E-state index contributed by atoms with van der Waals surface area (Å²) in [5, 5.41) is 4.12. The van der Waals surface area contributed by atoms with Gasteiger partial charge in [-0.2, -0.15) is 0 Å². The molecule has 7 heteroatoms. The molecular weight excluding hydrogens is 641 g/mol. The molecule has 52 heavy (non-hydrogen) atoms. The Morgan fingerprint density at radius 3 is 1.40 bits per heavy atom. The molecular formula is C45H28N6O. The fourth-order valence-electron chi connectivity index (χ4n) is 6.82. The number of fused-ring (bicyclic) bond motifs is 5. The summed E-state index contributed by atoms with van der Waals surface area (Å²) in [6.45, 7) is 0. The van der Waals surface area contributed by atoms with Gasteiger partial charge >= 0.3 is 0 Å². The van der Waals surface area contributed by atoms with Crippen molar-refractivity contribution in [1.82, 2.24) is 24.9 Å². The lowest BCUT2D eigenvalue weighted by Gasteiger charge is -2.26. The van der Waals surface area contributed by atoms with Crippen LogP contribution in [0.4, 0.5) is 17.1 Å². The first-order valence-electron chi connectivity index (χ1n) is 17.0. The lowest BCUT2D eigenvalue weighted by Crippen LogP contribution is -2.09. The topological polar surface area (TPSA) is 80.8 Å². The molecule has 10 rings (SSSR count). The summed E-state index contributed by atoms with van der Waals surface area (Å²) in [7, 11) is 0. The van der Waals surface area contributed by atoms with E-state index in [1.807, 2.05) is 91.6 Å². The number of nitrogens with zero attached hydrogens (tertiary/aromatic N) is 6. The van der Waals surface area contributed by atoms with E-state index in [-0.39, 0.29) is 0 Å². The molecule has 7 nitrogen and oxygen atoms in total. The van der Waals surface area contributed by atoms with Crippen molar-refractivity contribution in [2.45, 2.75) is 0 Å². The lowest BCUT2D eigenvalue weighted by atomic mass is 10.1.